The molecule has 4 amide bonds. The van der Waals surface area contributed by atoms with Crippen molar-refractivity contribution in [2.45, 2.75) is 6.04 Å². The number of aromatic nitrogens is 1. The van der Waals surface area contributed by atoms with Crippen molar-refractivity contribution in [3.8, 4) is 0 Å². The first-order valence-corrected chi connectivity index (χ1v) is 9.54. The number of carbonyl (C=O) groups is 3. The number of nitrogens with one attached hydrogen (secondary N) is 3. The Hall–Kier alpha value is -3.50. The molecular formula is C19H19N5O4S. The Kier molecular flexibility index (Phi) is 6.37. The Balaban J connectivity index is 1.61. The van der Waals surface area contributed by atoms with Crippen LogP contribution in [0.4, 0.5) is 10.5 Å². The minimum atomic E-state index is -0.736. The molecule has 10 heteroatoms. The van der Waals surface area contributed by atoms with Crippen LogP contribution in [0.5, 0.6) is 0 Å². The van der Waals surface area contributed by atoms with Crippen LogP contribution in [0.3, 0.4) is 0 Å². The summed E-state index contributed by atoms with van der Waals surface area (Å²) in [5.41, 5.74) is 6.01. The second-order valence-corrected chi connectivity index (χ2v) is 7.05. The third-order valence-electron chi connectivity index (χ3n) is 4.04. The molecule has 0 radical (unpaired) electrons. The number of nitrogens with zero attached hydrogens (tertiary/aromatic N) is 1. The van der Waals surface area contributed by atoms with Crippen LogP contribution in [0, 0.1) is 0 Å². The predicted molar refractivity (Wildman–Crippen MR) is 110 cm³/mol. The highest BCUT2D eigenvalue weighted by Gasteiger charge is 2.18. The number of aliphatic hydroxyl groups is 1. The monoisotopic (exact) mass is 413 g/mol. The molecule has 2 aromatic heterocycles. The minimum absolute atomic E-state index is 0.00889. The molecule has 2 heterocycles. The lowest BCUT2D eigenvalue weighted by Gasteiger charge is -2.17. The summed E-state index contributed by atoms with van der Waals surface area (Å²) in [5, 5.41) is 20.1. The molecule has 0 aliphatic rings. The number of thiophene rings is 1. The highest BCUT2D eigenvalue weighted by atomic mass is 32.1. The SMILES string of the molecule is NC(=O)Nc1cccc(C(=O)NCC(CO)NC(=O)c2nccc3ccsc23)c1. The summed E-state index contributed by atoms with van der Waals surface area (Å²) < 4.78 is 0.754. The lowest BCUT2D eigenvalue weighted by Crippen LogP contribution is -2.46. The summed E-state index contributed by atoms with van der Waals surface area (Å²) in [4.78, 5) is 39.9. The van der Waals surface area contributed by atoms with Crippen LogP contribution >= 0.6 is 11.3 Å². The van der Waals surface area contributed by atoms with E-state index in [0.717, 1.165) is 10.1 Å². The molecule has 0 saturated heterocycles. The van der Waals surface area contributed by atoms with E-state index in [4.69, 9.17) is 5.73 Å². The van der Waals surface area contributed by atoms with Gasteiger partial charge in [0.05, 0.1) is 17.3 Å². The van der Waals surface area contributed by atoms with Crippen molar-refractivity contribution in [2.75, 3.05) is 18.5 Å². The van der Waals surface area contributed by atoms with E-state index >= 15 is 0 Å². The molecule has 0 aliphatic heterocycles. The number of anilines is 1. The van der Waals surface area contributed by atoms with Gasteiger partial charge in [-0.3, -0.25) is 9.59 Å². The number of rotatable bonds is 7. The quantitative estimate of drug-likeness (QED) is 0.396. The molecule has 3 rings (SSSR count). The van der Waals surface area contributed by atoms with Crippen molar-refractivity contribution in [1.29, 1.82) is 0 Å². The van der Waals surface area contributed by atoms with Crippen molar-refractivity contribution in [2.24, 2.45) is 5.73 Å². The lowest BCUT2D eigenvalue weighted by molar-refractivity contribution is 0.0885. The number of carbonyl (C=O) groups excluding carboxylic acids is 3. The van der Waals surface area contributed by atoms with Gasteiger partial charge < -0.3 is 26.8 Å². The maximum atomic E-state index is 12.5. The molecule has 1 aromatic carbocycles. The number of nitrogens with two attached hydrogens (primary N) is 1. The van der Waals surface area contributed by atoms with Crippen LogP contribution in [0.15, 0.2) is 48.0 Å². The first kappa shape index (κ1) is 20.2. The van der Waals surface area contributed by atoms with Crippen LogP contribution in [0.25, 0.3) is 10.1 Å². The molecule has 1 atom stereocenters. The van der Waals surface area contributed by atoms with Gasteiger partial charge in [0, 0.05) is 24.0 Å². The van der Waals surface area contributed by atoms with Crippen LogP contribution in [-0.2, 0) is 0 Å². The fraction of sp³-hybridized carbons (Fsp3) is 0.158. The Morgan fingerprint density at radius 1 is 1.17 bits per heavy atom. The topological polar surface area (TPSA) is 146 Å². The van der Waals surface area contributed by atoms with E-state index in [1.54, 1.807) is 24.4 Å². The number of urea groups is 1. The first-order valence-electron chi connectivity index (χ1n) is 8.66. The molecule has 0 spiro atoms. The van der Waals surface area contributed by atoms with Crippen LogP contribution < -0.4 is 21.7 Å². The average Bonchev–Trinajstić information content (AvgIpc) is 3.19. The summed E-state index contributed by atoms with van der Waals surface area (Å²) in [5.74, 6) is -0.858. The molecule has 0 fully saturated rings. The van der Waals surface area contributed by atoms with Crippen molar-refractivity contribution >= 4 is 45.0 Å². The first-order chi connectivity index (χ1) is 14.0. The highest BCUT2D eigenvalue weighted by molar-refractivity contribution is 7.17. The Morgan fingerprint density at radius 2 is 2.00 bits per heavy atom. The molecule has 1 unspecified atom stereocenters. The van der Waals surface area contributed by atoms with Crippen molar-refractivity contribution < 1.29 is 19.5 Å². The maximum Gasteiger partial charge on any atom is 0.316 e. The number of pyridine rings is 1. The van der Waals surface area contributed by atoms with Gasteiger partial charge in [-0.15, -0.1) is 11.3 Å². The second kappa shape index (κ2) is 9.13. The molecule has 6 N–H and O–H groups in total. The summed E-state index contributed by atoms with van der Waals surface area (Å²) in [6.07, 6.45) is 1.55. The third kappa shape index (κ3) is 5.06. The number of benzene rings is 1. The molecule has 0 aliphatic carbocycles. The number of aliphatic hydroxyl groups excluding tert-OH is 1. The van der Waals surface area contributed by atoms with Gasteiger partial charge in [0.2, 0.25) is 0 Å². The number of amides is 4. The summed E-state index contributed by atoms with van der Waals surface area (Å²) in [7, 11) is 0. The highest BCUT2D eigenvalue weighted by Crippen LogP contribution is 2.22. The van der Waals surface area contributed by atoms with E-state index < -0.39 is 23.9 Å². The van der Waals surface area contributed by atoms with Gasteiger partial charge >= 0.3 is 6.03 Å². The summed E-state index contributed by atoms with van der Waals surface area (Å²) in [6.45, 7) is -0.356. The average molecular weight is 413 g/mol. The number of fused-ring (bicyclic) bond motifs is 1. The molecule has 29 heavy (non-hydrogen) atoms. The molecule has 9 nitrogen and oxygen atoms in total. The van der Waals surface area contributed by atoms with Crippen molar-refractivity contribution in [1.82, 2.24) is 15.6 Å². The van der Waals surface area contributed by atoms with Crippen molar-refractivity contribution in [3.63, 3.8) is 0 Å². The van der Waals surface area contributed by atoms with Gasteiger partial charge in [0.25, 0.3) is 11.8 Å². The van der Waals surface area contributed by atoms with Gasteiger partial charge in [-0.1, -0.05) is 6.07 Å². The zero-order chi connectivity index (χ0) is 20.8. The molecule has 150 valence electrons. The molecule has 3 aromatic rings. The van der Waals surface area contributed by atoms with Crippen LogP contribution in [-0.4, -0.2) is 47.1 Å². The van der Waals surface area contributed by atoms with Gasteiger partial charge in [-0.25, -0.2) is 9.78 Å². The normalized spacial score (nSPS) is 11.6. The van der Waals surface area contributed by atoms with Crippen LogP contribution in [0.2, 0.25) is 0 Å². The predicted octanol–water partition coefficient (Wildman–Crippen LogP) is 1.31. The van der Waals surface area contributed by atoms with Gasteiger partial charge in [0.15, 0.2) is 0 Å². The Bertz CT molecular complexity index is 1050. The fourth-order valence-corrected chi connectivity index (χ4v) is 3.55. The third-order valence-corrected chi connectivity index (χ3v) is 4.98. The lowest BCUT2D eigenvalue weighted by atomic mass is 10.2. The van der Waals surface area contributed by atoms with Crippen molar-refractivity contribution in [3.05, 3.63) is 59.2 Å². The van der Waals surface area contributed by atoms with Gasteiger partial charge in [-0.05, 0) is 41.1 Å². The van der Waals surface area contributed by atoms with Gasteiger partial charge in [0.1, 0.15) is 5.69 Å². The second-order valence-electron chi connectivity index (χ2n) is 6.13. The number of hydrogen-bond donors (Lipinski definition) is 5. The number of hydrogen-bond acceptors (Lipinski definition) is 6. The molecule has 0 saturated carbocycles. The largest absolute Gasteiger partial charge is 0.394 e. The smallest absolute Gasteiger partial charge is 0.316 e. The van der Waals surface area contributed by atoms with E-state index in [1.807, 2.05) is 17.5 Å². The summed E-state index contributed by atoms with van der Waals surface area (Å²) in [6, 6.07) is 8.49. The fourth-order valence-electron chi connectivity index (χ4n) is 2.67. The van der Waals surface area contributed by atoms with Crippen LogP contribution in [0.1, 0.15) is 20.8 Å². The number of primary amides is 1. The van der Waals surface area contributed by atoms with E-state index in [-0.39, 0.29) is 18.8 Å². The minimum Gasteiger partial charge on any atom is -0.394 e. The van der Waals surface area contributed by atoms with E-state index in [9.17, 15) is 19.5 Å². The van der Waals surface area contributed by atoms with Gasteiger partial charge in [-0.2, -0.15) is 0 Å². The standard InChI is InChI=1S/C19H19N5O4S/c20-19(28)24-13-3-1-2-12(8-13)17(26)22-9-14(10-25)23-18(27)15-16-11(4-6-21-15)5-7-29-16/h1-8,14,25H,9-10H2,(H,22,26)(H,23,27)(H3,20,24,28). The Labute approximate surface area is 169 Å². The summed E-state index contributed by atoms with van der Waals surface area (Å²) >= 11 is 1.40. The molecular weight excluding hydrogens is 394 g/mol. The maximum absolute atomic E-state index is 12.5. The zero-order valence-corrected chi connectivity index (χ0v) is 16.0. The van der Waals surface area contributed by atoms with E-state index in [1.165, 1.54) is 17.4 Å². The van der Waals surface area contributed by atoms with E-state index in [0.29, 0.717) is 11.3 Å². The zero-order valence-electron chi connectivity index (χ0n) is 15.2. The molecule has 0 bridgehead atoms. The Morgan fingerprint density at radius 3 is 2.76 bits per heavy atom. The van der Waals surface area contributed by atoms with E-state index in [2.05, 4.69) is 20.9 Å².